The zero-order valence-corrected chi connectivity index (χ0v) is 23.3. The number of anilines is 1. The molecule has 0 aliphatic heterocycles. The Morgan fingerprint density at radius 1 is 0.900 bits per heavy atom. The molecule has 0 aliphatic carbocycles. The molecule has 0 bridgehead atoms. The summed E-state index contributed by atoms with van der Waals surface area (Å²) in [6.07, 6.45) is 0. The highest BCUT2D eigenvalue weighted by Gasteiger charge is 2.14. The molecule has 0 spiro atoms. The first-order valence-electron chi connectivity index (χ1n) is 12.5. The summed E-state index contributed by atoms with van der Waals surface area (Å²) in [5, 5.41) is 16.0. The summed E-state index contributed by atoms with van der Waals surface area (Å²) in [5.74, 6) is 1.67. The highest BCUT2D eigenvalue weighted by Crippen LogP contribution is 2.36. The third-order valence-corrected chi connectivity index (χ3v) is 6.78. The van der Waals surface area contributed by atoms with Crippen molar-refractivity contribution in [3.05, 3.63) is 104 Å². The molecule has 4 rings (SSSR count). The van der Waals surface area contributed by atoms with Crippen LogP contribution < -0.4 is 25.3 Å². The standard InChI is InChI=1S/C30H29Cl2N3O5/c1-34-16-22-14-25(31)29(15-28(22)39-17-19-8-9-27(35-37)26(33)12-19)40-18-21-5-3-7-24(30(21)32)20-4-2-6-23(13-20)38-11-10-36/h2-9,12-15,34,36H,10-11,16-18,33H2,1H3. The van der Waals surface area contributed by atoms with Crippen molar-refractivity contribution in [3.8, 4) is 28.4 Å². The minimum Gasteiger partial charge on any atom is -0.491 e. The number of hydrogen-bond acceptors (Lipinski definition) is 8. The zero-order valence-electron chi connectivity index (χ0n) is 21.8. The minimum atomic E-state index is -0.0656. The van der Waals surface area contributed by atoms with Gasteiger partial charge in [-0.05, 0) is 53.7 Å². The Balaban J connectivity index is 1.53. The Kier molecular flexibility index (Phi) is 10.2. The highest BCUT2D eigenvalue weighted by atomic mass is 35.5. The molecular weight excluding hydrogens is 553 g/mol. The molecule has 4 N–H and O–H groups in total. The van der Waals surface area contributed by atoms with Gasteiger partial charge in [0.05, 0.1) is 22.3 Å². The number of ether oxygens (including phenoxy) is 3. The summed E-state index contributed by atoms with van der Waals surface area (Å²) in [5.41, 5.74) is 10.5. The monoisotopic (exact) mass is 581 g/mol. The number of aliphatic hydroxyl groups excluding tert-OH is 1. The fourth-order valence-electron chi connectivity index (χ4n) is 4.07. The van der Waals surface area contributed by atoms with Crippen molar-refractivity contribution in [2.45, 2.75) is 19.8 Å². The Labute approximate surface area is 242 Å². The number of nitroso groups, excluding NO2 is 1. The molecule has 8 nitrogen and oxygen atoms in total. The SMILES string of the molecule is CNCc1cc(Cl)c(OCc2cccc(-c3cccc(OCCO)c3)c2Cl)cc1OCc1ccc(N=O)c(N)c1. The Bertz CT molecular complexity index is 1480. The van der Waals surface area contributed by atoms with Crippen LogP contribution in [-0.4, -0.2) is 25.4 Å². The number of aliphatic hydroxyl groups is 1. The van der Waals surface area contributed by atoms with Gasteiger partial charge >= 0.3 is 0 Å². The van der Waals surface area contributed by atoms with Crippen molar-refractivity contribution in [3.63, 3.8) is 0 Å². The molecule has 4 aromatic rings. The van der Waals surface area contributed by atoms with Crippen LogP contribution in [0.2, 0.25) is 10.0 Å². The average Bonchev–Trinajstić information content (AvgIpc) is 2.96. The van der Waals surface area contributed by atoms with E-state index in [0.29, 0.717) is 33.8 Å². The number of nitrogens with zero attached hydrogens (tertiary/aromatic N) is 1. The molecule has 0 fully saturated rings. The summed E-state index contributed by atoms with van der Waals surface area (Å²) >= 11 is 13.4. The highest BCUT2D eigenvalue weighted by molar-refractivity contribution is 6.34. The van der Waals surface area contributed by atoms with Crippen molar-refractivity contribution in [2.24, 2.45) is 5.18 Å². The molecule has 0 saturated carbocycles. The molecular formula is C30H29Cl2N3O5. The maximum atomic E-state index is 10.8. The summed E-state index contributed by atoms with van der Waals surface area (Å²) < 4.78 is 17.7. The zero-order chi connectivity index (χ0) is 28.5. The molecule has 0 aliphatic rings. The van der Waals surface area contributed by atoms with E-state index in [1.54, 1.807) is 30.3 Å². The first-order valence-corrected chi connectivity index (χ1v) is 13.2. The molecule has 0 aromatic heterocycles. The topological polar surface area (TPSA) is 115 Å². The third kappa shape index (κ3) is 7.22. The van der Waals surface area contributed by atoms with E-state index in [9.17, 15) is 4.91 Å². The van der Waals surface area contributed by atoms with Crippen molar-refractivity contribution in [1.82, 2.24) is 5.32 Å². The maximum Gasteiger partial charge on any atom is 0.142 e. The summed E-state index contributed by atoms with van der Waals surface area (Å²) in [6.45, 7) is 1.07. The molecule has 4 aromatic carbocycles. The van der Waals surface area contributed by atoms with Crippen molar-refractivity contribution in [1.29, 1.82) is 0 Å². The largest absolute Gasteiger partial charge is 0.491 e. The lowest BCUT2D eigenvalue weighted by molar-refractivity contribution is 0.201. The van der Waals surface area contributed by atoms with E-state index in [2.05, 4.69) is 10.5 Å². The first-order chi connectivity index (χ1) is 19.4. The van der Waals surface area contributed by atoms with Crippen LogP contribution in [0, 0.1) is 4.91 Å². The number of nitrogens with two attached hydrogens (primary N) is 1. The van der Waals surface area contributed by atoms with E-state index >= 15 is 0 Å². The van der Waals surface area contributed by atoms with E-state index in [1.165, 1.54) is 0 Å². The number of benzene rings is 4. The van der Waals surface area contributed by atoms with Crippen LogP contribution in [-0.2, 0) is 19.8 Å². The number of hydrogen-bond donors (Lipinski definition) is 3. The summed E-state index contributed by atoms with van der Waals surface area (Å²) in [4.78, 5) is 10.8. The van der Waals surface area contributed by atoms with Gasteiger partial charge < -0.3 is 30.4 Å². The van der Waals surface area contributed by atoms with E-state index in [1.807, 2.05) is 49.5 Å². The van der Waals surface area contributed by atoms with Crippen molar-refractivity contribution in [2.75, 3.05) is 26.0 Å². The normalized spacial score (nSPS) is 10.8. The Morgan fingerprint density at radius 2 is 1.70 bits per heavy atom. The number of nitrogens with one attached hydrogen (secondary N) is 1. The molecule has 0 saturated heterocycles. The fraction of sp³-hybridized carbons (Fsp3) is 0.200. The quantitative estimate of drug-likeness (QED) is 0.116. The maximum absolute atomic E-state index is 10.8. The second-order valence-electron chi connectivity index (χ2n) is 8.86. The fourth-order valence-corrected chi connectivity index (χ4v) is 4.60. The van der Waals surface area contributed by atoms with Gasteiger partial charge in [0.2, 0.25) is 0 Å². The summed E-state index contributed by atoms with van der Waals surface area (Å²) in [7, 11) is 1.83. The molecule has 0 unspecified atom stereocenters. The summed E-state index contributed by atoms with van der Waals surface area (Å²) in [6, 6.07) is 21.7. The second kappa shape index (κ2) is 14.0. The molecule has 0 radical (unpaired) electrons. The molecule has 0 atom stereocenters. The van der Waals surface area contributed by atoms with Crippen LogP contribution in [0.1, 0.15) is 16.7 Å². The number of halogens is 2. The van der Waals surface area contributed by atoms with Gasteiger partial charge in [-0.25, -0.2) is 0 Å². The lowest BCUT2D eigenvalue weighted by Crippen LogP contribution is -2.08. The van der Waals surface area contributed by atoms with Gasteiger partial charge in [0.1, 0.15) is 42.8 Å². The van der Waals surface area contributed by atoms with Gasteiger partial charge in [0.25, 0.3) is 0 Å². The van der Waals surface area contributed by atoms with Crippen LogP contribution in [0.25, 0.3) is 11.1 Å². The van der Waals surface area contributed by atoms with Crippen LogP contribution >= 0.6 is 23.2 Å². The third-order valence-electron chi connectivity index (χ3n) is 6.03. The van der Waals surface area contributed by atoms with E-state index < -0.39 is 0 Å². The van der Waals surface area contributed by atoms with Crippen LogP contribution in [0.5, 0.6) is 17.2 Å². The van der Waals surface area contributed by atoms with Crippen molar-refractivity contribution >= 4 is 34.6 Å². The number of nitrogen functional groups attached to an aromatic ring is 1. The molecule has 0 amide bonds. The lowest BCUT2D eigenvalue weighted by Gasteiger charge is -2.17. The van der Waals surface area contributed by atoms with Gasteiger partial charge in [-0.3, -0.25) is 0 Å². The van der Waals surface area contributed by atoms with Crippen molar-refractivity contribution < 1.29 is 19.3 Å². The second-order valence-corrected chi connectivity index (χ2v) is 9.65. The van der Waals surface area contributed by atoms with Crippen LogP contribution in [0.3, 0.4) is 0 Å². The van der Waals surface area contributed by atoms with Gasteiger partial charge in [-0.1, -0.05) is 59.6 Å². The predicted octanol–water partition coefficient (Wildman–Crippen LogP) is 6.89. The predicted molar refractivity (Wildman–Crippen MR) is 159 cm³/mol. The first kappa shape index (κ1) is 29.2. The Hall–Kier alpha value is -3.82. The molecule has 40 heavy (non-hydrogen) atoms. The number of rotatable bonds is 13. The smallest absolute Gasteiger partial charge is 0.142 e. The average molecular weight is 582 g/mol. The molecule has 0 heterocycles. The molecule has 208 valence electrons. The lowest BCUT2D eigenvalue weighted by atomic mass is 10.0. The van der Waals surface area contributed by atoms with Crippen LogP contribution in [0.15, 0.2) is 78.0 Å². The van der Waals surface area contributed by atoms with E-state index in [-0.39, 0.29) is 37.8 Å². The van der Waals surface area contributed by atoms with Crippen LogP contribution in [0.4, 0.5) is 11.4 Å². The van der Waals surface area contributed by atoms with Gasteiger partial charge in [-0.15, -0.1) is 4.91 Å². The van der Waals surface area contributed by atoms with Gasteiger partial charge in [0, 0.05) is 29.3 Å². The van der Waals surface area contributed by atoms with Gasteiger partial charge in [0.15, 0.2) is 0 Å². The van der Waals surface area contributed by atoms with E-state index in [4.69, 9.17) is 48.3 Å². The molecule has 10 heteroatoms. The van der Waals surface area contributed by atoms with Gasteiger partial charge in [-0.2, -0.15) is 0 Å². The Morgan fingerprint density at radius 3 is 2.45 bits per heavy atom. The van der Waals surface area contributed by atoms with E-state index in [0.717, 1.165) is 27.8 Å². The minimum absolute atomic E-state index is 0.0656.